The van der Waals surface area contributed by atoms with E-state index < -0.39 is 11.6 Å². The number of halogens is 2. The largest absolute Gasteiger partial charge is 0.495 e. The molecule has 0 saturated carbocycles. The van der Waals surface area contributed by atoms with Gasteiger partial charge in [0.05, 0.1) is 25.2 Å². The van der Waals surface area contributed by atoms with Gasteiger partial charge in [-0.15, -0.1) is 0 Å². The number of imidazole rings is 1. The summed E-state index contributed by atoms with van der Waals surface area (Å²) in [7, 11) is 1.50. The van der Waals surface area contributed by atoms with Gasteiger partial charge in [0.2, 0.25) is 17.6 Å². The first-order valence-corrected chi connectivity index (χ1v) is 14.6. The molecule has 5 aromatic rings. The summed E-state index contributed by atoms with van der Waals surface area (Å²) in [5, 5.41) is 9.35. The van der Waals surface area contributed by atoms with E-state index in [2.05, 4.69) is 37.5 Å². The Hall–Kier alpha value is -5.56. The quantitative estimate of drug-likeness (QED) is 0.122. The number of aryl methyl sites for hydroxylation is 1. The number of ether oxygens (including phenoxy) is 2. The van der Waals surface area contributed by atoms with Crippen LogP contribution in [0.4, 0.5) is 20.3 Å². The van der Waals surface area contributed by atoms with Crippen molar-refractivity contribution >= 4 is 28.8 Å². The van der Waals surface area contributed by atoms with E-state index in [0.717, 1.165) is 28.9 Å². The summed E-state index contributed by atoms with van der Waals surface area (Å²) in [6.07, 6.45) is 7.08. The number of amides is 1. The highest BCUT2D eigenvalue weighted by atomic mass is 19.2. The van der Waals surface area contributed by atoms with Crippen LogP contribution >= 0.6 is 0 Å². The number of anilines is 2. The molecule has 0 aliphatic rings. The molecule has 238 valence electrons. The van der Waals surface area contributed by atoms with Crippen LogP contribution in [0.2, 0.25) is 0 Å². The molecule has 0 aliphatic heterocycles. The van der Waals surface area contributed by atoms with Gasteiger partial charge in [-0.2, -0.15) is 4.39 Å². The molecule has 0 saturated heterocycles. The van der Waals surface area contributed by atoms with Crippen molar-refractivity contribution in [3.8, 4) is 28.6 Å². The first kappa shape index (κ1) is 31.9. The van der Waals surface area contributed by atoms with Crippen LogP contribution in [-0.2, 0) is 11.2 Å². The molecule has 2 aromatic carbocycles. The van der Waals surface area contributed by atoms with Crippen molar-refractivity contribution in [1.29, 1.82) is 0 Å². The number of methoxy groups -OCH3 is 1. The Morgan fingerprint density at radius 3 is 2.59 bits per heavy atom. The van der Waals surface area contributed by atoms with E-state index in [1.54, 1.807) is 22.9 Å². The molecule has 0 bridgehead atoms. The Bertz CT molecular complexity index is 1860. The zero-order chi connectivity index (χ0) is 32.6. The molecule has 0 atom stereocenters. The molecule has 5 rings (SSSR count). The number of carbonyl (C=O) groups excluding carboxylic acids is 1. The van der Waals surface area contributed by atoms with Crippen LogP contribution in [0, 0.1) is 11.6 Å². The Labute approximate surface area is 264 Å². The molecule has 0 radical (unpaired) electrons. The Morgan fingerprint density at radius 1 is 1.02 bits per heavy atom. The lowest BCUT2D eigenvalue weighted by atomic mass is 10.0. The molecule has 3 heterocycles. The molecule has 13 heteroatoms. The SMILES string of the molecule is C=C(NCCNC(=O)CCN)c1ccc(Nc2nccn3c(-c4ccc(Oc5ccc(OC)cn5)c(F)c4F)cnc23)cc1CC. The summed E-state index contributed by atoms with van der Waals surface area (Å²) in [4.78, 5) is 24.5. The zero-order valence-electron chi connectivity index (χ0n) is 25.4. The lowest BCUT2D eigenvalue weighted by Crippen LogP contribution is -2.32. The Morgan fingerprint density at radius 2 is 1.85 bits per heavy atom. The van der Waals surface area contributed by atoms with Gasteiger partial charge in [-0.3, -0.25) is 9.20 Å². The third-order valence-corrected chi connectivity index (χ3v) is 7.14. The lowest BCUT2D eigenvalue weighted by molar-refractivity contribution is -0.120. The average molecular weight is 629 g/mol. The number of hydrogen-bond acceptors (Lipinski definition) is 9. The predicted molar refractivity (Wildman–Crippen MR) is 172 cm³/mol. The molecule has 0 aliphatic carbocycles. The van der Waals surface area contributed by atoms with Crippen LogP contribution < -0.4 is 31.2 Å². The van der Waals surface area contributed by atoms with E-state index in [0.29, 0.717) is 49.0 Å². The molecule has 1 amide bonds. The van der Waals surface area contributed by atoms with Crippen LogP contribution in [0.3, 0.4) is 0 Å². The minimum Gasteiger partial charge on any atom is -0.495 e. The van der Waals surface area contributed by atoms with Gasteiger partial charge >= 0.3 is 0 Å². The van der Waals surface area contributed by atoms with E-state index in [1.165, 1.54) is 37.7 Å². The van der Waals surface area contributed by atoms with Gasteiger partial charge in [0.25, 0.3) is 0 Å². The second-order valence-corrected chi connectivity index (χ2v) is 10.1. The summed E-state index contributed by atoms with van der Waals surface area (Å²) in [6.45, 7) is 7.48. The Kier molecular flexibility index (Phi) is 10.0. The standard InChI is InChI=1S/C33H34F2N8O3/c1-4-21-17-22(5-7-24(21)20(2)37-13-14-38-28(44)11-12-36)42-32-33-41-19-26(43(33)16-15-39-32)25-8-9-27(31(35)30(25)34)46-29-10-6-23(45-3)18-40-29/h5-10,15-19,37H,2,4,11-14,36H2,1,3H3,(H,38,44)(H,39,42). The van der Waals surface area contributed by atoms with Gasteiger partial charge in [0.15, 0.2) is 23.0 Å². The van der Waals surface area contributed by atoms with Gasteiger partial charge in [-0.05, 0) is 42.3 Å². The number of nitrogens with zero attached hydrogens (tertiary/aromatic N) is 4. The molecule has 0 fully saturated rings. The molecular formula is C33H34F2N8O3. The summed E-state index contributed by atoms with van der Waals surface area (Å²) < 4.78 is 42.6. The van der Waals surface area contributed by atoms with E-state index >= 15 is 8.78 Å². The van der Waals surface area contributed by atoms with Gasteiger partial charge in [0, 0.05) is 67.0 Å². The molecule has 5 N–H and O–H groups in total. The molecule has 0 unspecified atom stereocenters. The van der Waals surface area contributed by atoms with Crippen molar-refractivity contribution in [2.75, 3.05) is 32.1 Å². The molecular weight excluding hydrogens is 594 g/mol. The number of nitrogens with two attached hydrogens (primary N) is 1. The zero-order valence-corrected chi connectivity index (χ0v) is 25.4. The van der Waals surface area contributed by atoms with Crippen LogP contribution in [0.1, 0.15) is 24.5 Å². The Balaban J connectivity index is 1.32. The maximum absolute atomic E-state index is 15.4. The van der Waals surface area contributed by atoms with Crippen molar-refractivity contribution < 1.29 is 23.0 Å². The summed E-state index contributed by atoms with van der Waals surface area (Å²) >= 11 is 0. The van der Waals surface area contributed by atoms with E-state index in [1.807, 2.05) is 25.1 Å². The number of benzene rings is 2. The predicted octanol–water partition coefficient (Wildman–Crippen LogP) is 5.20. The number of hydrogen-bond donors (Lipinski definition) is 4. The highest BCUT2D eigenvalue weighted by molar-refractivity contribution is 5.77. The maximum Gasteiger partial charge on any atom is 0.221 e. The van der Waals surface area contributed by atoms with Crippen molar-refractivity contribution in [2.45, 2.75) is 19.8 Å². The topological polar surface area (TPSA) is 141 Å². The van der Waals surface area contributed by atoms with E-state index in [-0.39, 0.29) is 23.1 Å². The van der Waals surface area contributed by atoms with Gasteiger partial charge in [-0.1, -0.05) is 19.6 Å². The second-order valence-electron chi connectivity index (χ2n) is 10.1. The molecule has 46 heavy (non-hydrogen) atoms. The van der Waals surface area contributed by atoms with Crippen molar-refractivity contribution in [3.05, 3.63) is 96.6 Å². The van der Waals surface area contributed by atoms with Gasteiger partial charge in [-0.25, -0.2) is 19.3 Å². The number of carbonyl (C=O) groups is 1. The summed E-state index contributed by atoms with van der Waals surface area (Å²) in [6, 6.07) is 11.7. The fourth-order valence-corrected chi connectivity index (χ4v) is 4.80. The first-order chi connectivity index (χ1) is 22.3. The maximum atomic E-state index is 15.4. The number of fused-ring (bicyclic) bond motifs is 1. The third kappa shape index (κ3) is 7.05. The minimum absolute atomic E-state index is 0.000212. The molecule has 0 spiro atoms. The molecule has 11 nitrogen and oxygen atoms in total. The highest BCUT2D eigenvalue weighted by Gasteiger charge is 2.20. The van der Waals surface area contributed by atoms with E-state index in [4.69, 9.17) is 15.2 Å². The van der Waals surface area contributed by atoms with Crippen LogP contribution in [0.15, 0.2) is 73.8 Å². The smallest absolute Gasteiger partial charge is 0.221 e. The third-order valence-electron chi connectivity index (χ3n) is 7.14. The number of pyridine rings is 1. The fourth-order valence-electron chi connectivity index (χ4n) is 4.80. The van der Waals surface area contributed by atoms with Crippen LogP contribution in [0.5, 0.6) is 17.4 Å². The summed E-state index contributed by atoms with van der Waals surface area (Å²) in [5.41, 5.74) is 9.64. The monoisotopic (exact) mass is 628 g/mol. The lowest BCUT2D eigenvalue weighted by Gasteiger charge is -2.16. The average Bonchev–Trinajstić information content (AvgIpc) is 3.50. The van der Waals surface area contributed by atoms with Crippen LogP contribution in [-0.4, -0.2) is 52.0 Å². The number of nitrogens with one attached hydrogen (secondary N) is 3. The highest BCUT2D eigenvalue weighted by Crippen LogP contribution is 2.33. The van der Waals surface area contributed by atoms with Crippen LogP contribution in [0.25, 0.3) is 22.6 Å². The second kappa shape index (κ2) is 14.5. The van der Waals surface area contributed by atoms with Crippen molar-refractivity contribution in [1.82, 2.24) is 30.0 Å². The molecule has 3 aromatic heterocycles. The summed E-state index contributed by atoms with van der Waals surface area (Å²) in [5.74, 6) is -1.61. The minimum atomic E-state index is -1.16. The van der Waals surface area contributed by atoms with Gasteiger partial charge < -0.3 is 31.2 Å². The van der Waals surface area contributed by atoms with Crippen molar-refractivity contribution in [2.24, 2.45) is 5.73 Å². The van der Waals surface area contributed by atoms with E-state index in [9.17, 15) is 4.79 Å². The number of rotatable bonds is 14. The fraction of sp³-hybridized carbons (Fsp3) is 0.212. The first-order valence-electron chi connectivity index (χ1n) is 14.6. The van der Waals surface area contributed by atoms with Crippen molar-refractivity contribution in [3.63, 3.8) is 0 Å². The normalized spacial score (nSPS) is 10.9. The van der Waals surface area contributed by atoms with Gasteiger partial charge in [0.1, 0.15) is 5.75 Å². The number of aromatic nitrogens is 4.